The molecule has 1 amide bonds. The lowest BCUT2D eigenvalue weighted by molar-refractivity contribution is -0.144. The Hall–Kier alpha value is -3.39. The van der Waals surface area contributed by atoms with Crippen LogP contribution in [0.2, 0.25) is 0 Å². The highest BCUT2D eigenvalue weighted by Crippen LogP contribution is 2.34. The van der Waals surface area contributed by atoms with Gasteiger partial charge in [-0.15, -0.1) is 0 Å². The Kier molecular flexibility index (Phi) is 7.40. The molecule has 2 aromatic rings. The number of halogens is 3. The van der Waals surface area contributed by atoms with E-state index in [0.29, 0.717) is 57.0 Å². The van der Waals surface area contributed by atoms with Gasteiger partial charge in [0.2, 0.25) is 11.7 Å². The molecule has 2 aliphatic heterocycles. The van der Waals surface area contributed by atoms with Crippen LogP contribution in [-0.2, 0) is 17.4 Å². The van der Waals surface area contributed by atoms with Crippen molar-refractivity contribution in [3.63, 3.8) is 0 Å². The first-order valence-corrected chi connectivity index (χ1v) is 11.7. The number of nitriles is 1. The fraction of sp³-hybridized carbons (Fsp3) is 0.500. The Morgan fingerprint density at radius 1 is 1.11 bits per heavy atom. The van der Waals surface area contributed by atoms with Gasteiger partial charge < -0.3 is 20.9 Å². The zero-order valence-electron chi connectivity index (χ0n) is 19.3. The summed E-state index contributed by atoms with van der Waals surface area (Å²) < 4.78 is 40.7. The standard InChI is InChI=1S/C24H28F3N7O/c25-24(26,27)23-31-20(33-10-6-18(15-29)7-11-33)13-21(32-23)34-12-8-19(34)22(35)30-9-5-16-1-3-17(14-28)4-2-16/h1-4,13,18-19H,5-12,15,29H2,(H,30,35)/t19-/m0/s1. The molecule has 0 bridgehead atoms. The normalized spacial score (nSPS) is 18.7. The van der Waals surface area contributed by atoms with E-state index in [9.17, 15) is 18.0 Å². The van der Waals surface area contributed by atoms with Crippen molar-refractivity contribution >= 4 is 17.5 Å². The molecule has 0 aliphatic carbocycles. The second kappa shape index (κ2) is 10.5. The van der Waals surface area contributed by atoms with Crippen LogP contribution >= 0.6 is 0 Å². The van der Waals surface area contributed by atoms with E-state index in [4.69, 9.17) is 11.0 Å². The molecule has 8 nitrogen and oxygen atoms in total. The van der Waals surface area contributed by atoms with Crippen molar-refractivity contribution in [3.8, 4) is 6.07 Å². The molecule has 11 heteroatoms. The van der Waals surface area contributed by atoms with Crippen LogP contribution in [0.4, 0.5) is 24.8 Å². The van der Waals surface area contributed by atoms with Gasteiger partial charge in [-0.2, -0.15) is 18.4 Å². The fourth-order valence-corrected chi connectivity index (χ4v) is 4.38. The lowest BCUT2D eigenvalue weighted by Crippen LogP contribution is -2.57. The number of hydrogen-bond acceptors (Lipinski definition) is 7. The number of amides is 1. The summed E-state index contributed by atoms with van der Waals surface area (Å²) >= 11 is 0. The average molecular weight is 488 g/mol. The summed E-state index contributed by atoms with van der Waals surface area (Å²) in [5.74, 6) is -0.742. The predicted octanol–water partition coefficient (Wildman–Crippen LogP) is 2.48. The number of hydrogen-bond donors (Lipinski definition) is 2. The van der Waals surface area contributed by atoms with Gasteiger partial charge in [-0.25, -0.2) is 9.97 Å². The second-order valence-electron chi connectivity index (χ2n) is 8.92. The van der Waals surface area contributed by atoms with Crippen LogP contribution in [0.15, 0.2) is 30.3 Å². The van der Waals surface area contributed by atoms with E-state index in [1.807, 2.05) is 17.0 Å². The number of anilines is 2. The summed E-state index contributed by atoms with van der Waals surface area (Å²) in [4.78, 5) is 23.8. The average Bonchev–Trinajstić information content (AvgIpc) is 2.83. The molecule has 0 spiro atoms. The number of nitrogens with two attached hydrogens (primary N) is 1. The minimum atomic E-state index is -4.69. The molecule has 3 heterocycles. The highest BCUT2D eigenvalue weighted by Gasteiger charge is 2.40. The SMILES string of the molecule is N#Cc1ccc(CCNC(=O)[C@@H]2CCN2c2cc(N3CCC(CN)CC3)nc(C(F)(F)F)n2)cc1. The van der Waals surface area contributed by atoms with Gasteiger partial charge in [0.25, 0.3) is 0 Å². The summed E-state index contributed by atoms with van der Waals surface area (Å²) in [5.41, 5.74) is 7.27. The summed E-state index contributed by atoms with van der Waals surface area (Å²) in [6.45, 7) is 2.54. The van der Waals surface area contributed by atoms with E-state index in [0.717, 1.165) is 18.4 Å². The van der Waals surface area contributed by atoms with E-state index in [1.165, 1.54) is 0 Å². The highest BCUT2D eigenvalue weighted by molar-refractivity contribution is 5.86. The summed E-state index contributed by atoms with van der Waals surface area (Å²) in [6.07, 6.45) is -1.98. The molecule has 4 rings (SSSR count). The molecule has 186 valence electrons. The maximum absolute atomic E-state index is 13.6. The molecule has 0 radical (unpaired) electrons. The lowest BCUT2D eigenvalue weighted by atomic mass is 9.97. The minimum Gasteiger partial charge on any atom is -0.356 e. The van der Waals surface area contributed by atoms with Crippen LogP contribution in [0.3, 0.4) is 0 Å². The molecule has 1 aromatic carbocycles. The Balaban J connectivity index is 1.43. The van der Waals surface area contributed by atoms with E-state index >= 15 is 0 Å². The van der Waals surface area contributed by atoms with Gasteiger partial charge in [0.1, 0.15) is 17.7 Å². The van der Waals surface area contributed by atoms with Crippen LogP contribution in [0.25, 0.3) is 0 Å². The summed E-state index contributed by atoms with van der Waals surface area (Å²) in [6, 6.07) is 10.1. The van der Waals surface area contributed by atoms with Gasteiger partial charge in [-0.05, 0) is 55.8 Å². The third kappa shape index (κ3) is 5.82. The van der Waals surface area contributed by atoms with Gasteiger partial charge in [-0.3, -0.25) is 4.79 Å². The fourth-order valence-electron chi connectivity index (χ4n) is 4.38. The molecular weight excluding hydrogens is 459 g/mol. The Bertz CT molecular complexity index is 1080. The highest BCUT2D eigenvalue weighted by atomic mass is 19.4. The number of nitrogens with zero attached hydrogens (tertiary/aromatic N) is 5. The molecule has 2 fully saturated rings. The maximum Gasteiger partial charge on any atom is 0.451 e. The van der Waals surface area contributed by atoms with Crippen LogP contribution in [0, 0.1) is 17.2 Å². The first kappa shape index (κ1) is 24.7. The second-order valence-corrected chi connectivity index (χ2v) is 8.92. The van der Waals surface area contributed by atoms with Crippen LogP contribution in [0.1, 0.15) is 36.2 Å². The lowest BCUT2D eigenvalue weighted by Gasteiger charge is -2.41. The van der Waals surface area contributed by atoms with Gasteiger partial charge in [0.05, 0.1) is 11.6 Å². The van der Waals surface area contributed by atoms with Gasteiger partial charge in [0.15, 0.2) is 0 Å². The Morgan fingerprint density at radius 2 is 1.80 bits per heavy atom. The van der Waals surface area contributed by atoms with Crippen molar-refractivity contribution in [1.29, 1.82) is 5.26 Å². The third-order valence-electron chi connectivity index (χ3n) is 6.64. The zero-order chi connectivity index (χ0) is 25.0. The number of alkyl halides is 3. The van der Waals surface area contributed by atoms with Crippen molar-refractivity contribution in [3.05, 3.63) is 47.3 Å². The van der Waals surface area contributed by atoms with Gasteiger partial charge in [0, 0.05) is 32.2 Å². The van der Waals surface area contributed by atoms with Crippen molar-refractivity contribution in [2.45, 2.75) is 37.9 Å². The van der Waals surface area contributed by atoms with Crippen LogP contribution < -0.4 is 20.9 Å². The monoisotopic (exact) mass is 487 g/mol. The quantitative estimate of drug-likeness (QED) is 0.617. The van der Waals surface area contributed by atoms with E-state index in [1.54, 1.807) is 23.1 Å². The molecule has 3 N–H and O–H groups in total. The molecule has 2 aliphatic rings. The van der Waals surface area contributed by atoms with E-state index in [-0.39, 0.29) is 17.5 Å². The van der Waals surface area contributed by atoms with Crippen molar-refractivity contribution < 1.29 is 18.0 Å². The molecule has 0 unspecified atom stereocenters. The first-order chi connectivity index (χ1) is 16.8. The maximum atomic E-state index is 13.6. The first-order valence-electron chi connectivity index (χ1n) is 11.7. The smallest absolute Gasteiger partial charge is 0.356 e. The van der Waals surface area contributed by atoms with Gasteiger partial charge in [-0.1, -0.05) is 12.1 Å². The summed E-state index contributed by atoms with van der Waals surface area (Å²) in [5, 5.41) is 11.7. The molecule has 0 saturated carbocycles. The molecule has 35 heavy (non-hydrogen) atoms. The molecule has 2 saturated heterocycles. The minimum absolute atomic E-state index is 0.113. The largest absolute Gasteiger partial charge is 0.451 e. The van der Waals surface area contributed by atoms with Crippen molar-refractivity contribution in [1.82, 2.24) is 15.3 Å². The number of piperidine rings is 1. The molecule has 1 atom stereocenters. The predicted molar refractivity (Wildman–Crippen MR) is 125 cm³/mol. The zero-order valence-corrected chi connectivity index (χ0v) is 19.3. The molecular formula is C24H28F3N7O. The number of nitrogens with one attached hydrogen (secondary N) is 1. The van der Waals surface area contributed by atoms with Crippen molar-refractivity contribution in [2.24, 2.45) is 11.7 Å². The molecule has 1 aromatic heterocycles. The number of carbonyl (C=O) groups is 1. The Morgan fingerprint density at radius 3 is 2.37 bits per heavy atom. The number of aromatic nitrogens is 2. The number of benzene rings is 1. The van der Waals surface area contributed by atoms with E-state index in [2.05, 4.69) is 21.4 Å². The summed E-state index contributed by atoms with van der Waals surface area (Å²) in [7, 11) is 0. The van der Waals surface area contributed by atoms with Crippen LogP contribution in [-0.4, -0.2) is 54.6 Å². The Labute approximate surface area is 201 Å². The van der Waals surface area contributed by atoms with Crippen LogP contribution in [0.5, 0.6) is 0 Å². The topological polar surface area (TPSA) is 111 Å². The third-order valence-corrected chi connectivity index (χ3v) is 6.64. The number of rotatable bonds is 7. The van der Waals surface area contributed by atoms with Gasteiger partial charge >= 0.3 is 6.18 Å². The number of carbonyl (C=O) groups excluding carboxylic acids is 1. The van der Waals surface area contributed by atoms with Crippen molar-refractivity contribution in [2.75, 3.05) is 42.5 Å². The van der Waals surface area contributed by atoms with E-state index < -0.39 is 18.0 Å².